The van der Waals surface area contributed by atoms with E-state index in [1.54, 1.807) is 0 Å². The molecule has 1 heterocycles. The Labute approximate surface area is 183 Å². The van der Waals surface area contributed by atoms with E-state index in [-0.39, 0.29) is 5.91 Å². The Kier molecular flexibility index (Phi) is 7.32. The second kappa shape index (κ2) is 10.8. The van der Waals surface area contributed by atoms with Gasteiger partial charge >= 0.3 is 0 Å². The molecule has 160 valence electrons. The number of rotatable bonds is 8. The Morgan fingerprint density at radius 3 is 2.39 bits per heavy atom. The minimum Gasteiger partial charge on any atom is -0.489 e. The molecule has 3 aromatic rings. The zero-order valence-electron chi connectivity index (χ0n) is 17.6. The van der Waals surface area contributed by atoms with Crippen molar-refractivity contribution in [3.63, 3.8) is 0 Å². The van der Waals surface area contributed by atoms with Crippen LogP contribution in [0.5, 0.6) is 5.75 Å². The van der Waals surface area contributed by atoms with E-state index in [4.69, 9.17) is 9.47 Å². The Morgan fingerprint density at radius 1 is 0.871 bits per heavy atom. The molecular weight excluding hydrogens is 388 g/mol. The summed E-state index contributed by atoms with van der Waals surface area (Å²) in [5, 5.41) is 3.02. The summed E-state index contributed by atoms with van der Waals surface area (Å²) < 4.78 is 11.2. The van der Waals surface area contributed by atoms with Crippen molar-refractivity contribution in [1.82, 2.24) is 10.2 Å². The molecule has 3 aromatic carbocycles. The number of morpholine rings is 1. The van der Waals surface area contributed by atoms with Crippen LogP contribution in [0.2, 0.25) is 0 Å². The Bertz CT molecular complexity index is 967. The molecule has 1 saturated heterocycles. The molecule has 5 nitrogen and oxygen atoms in total. The van der Waals surface area contributed by atoms with Gasteiger partial charge in [0.1, 0.15) is 12.4 Å². The highest BCUT2D eigenvalue weighted by Crippen LogP contribution is 2.13. The summed E-state index contributed by atoms with van der Waals surface area (Å²) >= 11 is 0. The summed E-state index contributed by atoms with van der Waals surface area (Å²) in [5.74, 6) is 0.759. The number of hydrogen-bond acceptors (Lipinski definition) is 4. The van der Waals surface area contributed by atoms with Gasteiger partial charge in [-0.2, -0.15) is 0 Å². The van der Waals surface area contributed by atoms with E-state index in [1.807, 2.05) is 60.7 Å². The molecule has 0 radical (unpaired) electrons. The van der Waals surface area contributed by atoms with Gasteiger partial charge in [-0.25, -0.2) is 0 Å². The number of ether oxygens (including phenoxy) is 2. The predicted octanol–water partition coefficient (Wildman–Crippen LogP) is 4.03. The third kappa shape index (κ3) is 6.41. The standard InChI is InChI=1S/C26H28N2O3/c29-26(24-11-9-21(10-12-24)20-31-25-7-2-1-3-8-25)27-18-22-5-4-6-23(17-22)19-28-13-15-30-16-14-28/h1-12,17H,13-16,18-20H2,(H,27,29). The first-order valence-corrected chi connectivity index (χ1v) is 10.7. The maximum atomic E-state index is 12.5. The largest absolute Gasteiger partial charge is 0.489 e. The molecule has 5 heteroatoms. The third-order valence-corrected chi connectivity index (χ3v) is 5.32. The van der Waals surface area contributed by atoms with Gasteiger partial charge in [0.05, 0.1) is 13.2 Å². The Morgan fingerprint density at radius 2 is 1.61 bits per heavy atom. The maximum absolute atomic E-state index is 12.5. The van der Waals surface area contributed by atoms with Crippen molar-refractivity contribution in [2.75, 3.05) is 26.3 Å². The van der Waals surface area contributed by atoms with E-state index >= 15 is 0 Å². The molecule has 0 aromatic heterocycles. The molecule has 1 amide bonds. The molecule has 1 N–H and O–H groups in total. The van der Waals surface area contributed by atoms with E-state index in [2.05, 4.69) is 28.4 Å². The molecule has 1 aliphatic heterocycles. The third-order valence-electron chi connectivity index (χ3n) is 5.32. The summed E-state index contributed by atoms with van der Waals surface area (Å²) in [6.45, 7) is 5.43. The minimum atomic E-state index is -0.0749. The summed E-state index contributed by atoms with van der Waals surface area (Å²) in [7, 11) is 0. The topological polar surface area (TPSA) is 50.8 Å². The fraction of sp³-hybridized carbons (Fsp3) is 0.269. The average Bonchev–Trinajstić information content (AvgIpc) is 2.83. The summed E-state index contributed by atoms with van der Waals surface area (Å²) in [4.78, 5) is 14.9. The van der Waals surface area contributed by atoms with Crippen molar-refractivity contribution in [2.45, 2.75) is 19.7 Å². The smallest absolute Gasteiger partial charge is 0.251 e. The monoisotopic (exact) mass is 416 g/mol. The van der Waals surface area contributed by atoms with E-state index in [1.165, 1.54) is 5.56 Å². The zero-order chi connectivity index (χ0) is 21.3. The summed E-state index contributed by atoms with van der Waals surface area (Å²) in [5.41, 5.74) is 4.03. The number of benzene rings is 3. The first-order valence-electron chi connectivity index (χ1n) is 10.7. The zero-order valence-corrected chi connectivity index (χ0v) is 17.6. The van der Waals surface area contributed by atoms with Crippen LogP contribution < -0.4 is 10.1 Å². The van der Waals surface area contributed by atoms with Crippen molar-refractivity contribution in [1.29, 1.82) is 0 Å². The normalized spacial score (nSPS) is 14.2. The summed E-state index contributed by atoms with van der Waals surface area (Å²) in [6.07, 6.45) is 0. The second-order valence-corrected chi connectivity index (χ2v) is 7.69. The summed E-state index contributed by atoms with van der Waals surface area (Å²) in [6, 6.07) is 25.7. The molecule has 0 saturated carbocycles. The molecular formula is C26H28N2O3. The van der Waals surface area contributed by atoms with Crippen LogP contribution in [0.4, 0.5) is 0 Å². The van der Waals surface area contributed by atoms with E-state index in [0.29, 0.717) is 18.7 Å². The SMILES string of the molecule is O=C(NCc1cccc(CN2CCOCC2)c1)c1ccc(COc2ccccc2)cc1. The van der Waals surface area contributed by atoms with Crippen LogP contribution in [0.25, 0.3) is 0 Å². The van der Waals surface area contributed by atoms with E-state index < -0.39 is 0 Å². The molecule has 0 atom stereocenters. The number of carbonyl (C=O) groups is 1. The first kappa shape index (κ1) is 21.1. The van der Waals surface area contributed by atoms with E-state index in [0.717, 1.165) is 49.7 Å². The number of carbonyl (C=O) groups excluding carboxylic acids is 1. The van der Waals surface area contributed by atoms with Gasteiger partial charge in [0.25, 0.3) is 5.91 Å². The van der Waals surface area contributed by atoms with Gasteiger partial charge in [0, 0.05) is 31.7 Å². The number of hydrogen-bond donors (Lipinski definition) is 1. The lowest BCUT2D eigenvalue weighted by Crippen LogP contribution is -2.35. The van der Waals surface area contributed by atoms with Crippen LogP contribution in [-0.4, -0.2) is 37.1 Å². The van der Waals surface area contributed by atoms with Crippen LogP contribution in [0.15, 0.2) is 78.9 Å². The number of para-hydroxylation sites is 1. The van der Waals surface area contributed by atoms with Gasteiger partial charge < -0.3 is 14.8 Å². The fourth-order valence-corrected chi connectivity index (χ4v) is 3.58. The highest BCUT2D eigenvalue weighted by atomic mass is 16.5. The van der Waals surface area contributed by atoms with Crippen LogP contribution in [0.3, 0.4) is 0 Å². The first-order chi connectivity index (χ1) is 15.3. The van der Waals surface area contributed by atoms with Crippen molar-refractivity contribution >= 4 is 5.91 Å². The number of amides is 1. The average molecular weight is 417 g/mol. The van der Waals surface area contributed by atoms with Gasteiger partial charge in [0.2, 0.25) is 0 Å². The molecule has 4 rings (SSSR count). The maximum Gasteiger partial charge on any atom is 0.251 e. The van der Waals surface area contributed by atoms with Crippen molar-refractivity contribution < 1.29 is 14.3 Å². The van der Waals surface area contributed by atoms with Gasteiger partial charge in [-0.1, -0.05) is 54.6 Å². The molecule has 1 fully saturated rings. The molecule has 1 aliphatic rings. The fourth-order valence-electron chi connectivity index (χ4n) is 3.58. The molecule has 0 unspecified atom stereocenters. The lowest BCUT2D eigenvalue weighted by atomic mass is 10.1. The van der Waals surface area contributed by atoms with Gasteiger partial charge in [-0.3, -0.25) is 9.69 Å². The molecule has 0 aliphatic carbocycles. The van der Waals surface area contributed by atoms with Crippen LogP contribution >= 0.6 is 0 Å². The lowest BCUT2D eigenvalue weighted by Gasteiger charge is -2.26. The van der Waals surface area contributed by atoms with Crippen LogP contribution in [-0.2, 0) is 24.4 Å². The molecule has 0 spiro atoms. The van der Waals surface area contributed by atoms with Crippen LogP contribution in [0.1, 0.15) is 27.0 Å². The Hall–Kier alpha value is -3.15. The number of nitrogens with zero attached hydrogens (tertiary/aromatic N) is 1. The minimum absolute atomic E-state index is 0.0749. The van der Waals surface area contributed by atoms with Gasteiger partial charge in [0.15, 0.2) is 0 Å². The van der Waals surface area contributed by atoms with Gasteiger partial charge in [-0.05, 0) is 41.0 Å². The Balaban J connectivity index is 1.27. The predicted molar refractivity (Wildman–Crippen MR) is 121 cm³/mol. The molecule has 31 heavy (non-hydrogen) atoms. The van der Waals surface area contributed by atoms with Crippen molar-refractivity contribution in [3.8, 4) is 5.75 Å². The van der Waals surface area contributed by atoms with Crippen molar-refractivity contribution in [2.24, 2.45) is 0 Å². The highest BCUT2D eigenvalue weighted by molar-refractivity contribution is 5.94. The quantitative estimate of drug-likeness (QED) is 0.602. The van der Waals surface area contributed by atoms with Crippen molar-refractivity contribution in [3.05, 3.63) is 101 Å². The second-order valence-electron chi connectivity index (χ2n) is 7.69. The molecule has 0 bridgehead atoms. The highest BCUT2D eigenvalue weighted by Gasteiger charge is 2.11. The van der Waals surface area contributed by atoms with E-state index in [9.17, 15) is 4.79 Å². The lowest BCUT2D eigenvalue weighted by molar-refractivity contribution is 0.0342. The van der Waals surface area contributed by atoms with Crippen LogP contribution in [0, 0.1) is 0 Å². The van der Waals surface area contributed by atoms with Gasteiger partial charge in [-0.15, -0.1) is 0 Å². The number of nitrogens with one attached hydrogen (secondary N) is 1.